The molecular formula is C17H20N4O2. The van der Waals surface area contributed by atoms with Gasteiger partial charge >= 0.3 is 0 Å². The molecule has 3 heterocycles. The molecule has 1 atom stereocenters. The summed E-state index contributed by atoms with van der Waals surface area (Å²) in [6, 6.07) is 10.2. The lowest BCUT2D eigenvalue weighted by molar-refractivity contribution is 0.0510. The molecule has 120 valence electrons. The molecule has 1 N–H and O–H groups in total. The van der Waals surface area contributed by atoms with Crippen molar-refractivity contribution in [3.8, 4) is 0 Å². The fourth-order valence-electron chi connectivity index (χ4n) is 3.31. The van der Waals surface area contributed by atoms with E-state index in [-0.39, 0.29) is 12.7 Å². The maximum absolute atomic E-state index is 9.09. The summed E-state index contributed by atoms with van der Waals surface area (Å²) in [4.78, 5) is 7.97. The largest absolute Gasteiger partial charge is 0.394 e. The average Bonchev–Trinajstić information content (AvgIpc) is 3.27. The molecule has 0 saturated heterocycles. The van der Waals surface area contributed by atoms with Crippen LogP contribution in [0, 0.1) is 0 Å². The predicted molar refractivity (Wildman–Crippen MR) is 85.9 cm³/mol. The average molecular weight is 312 g/mol. The number of oxime groups is 1. The fraction of sp³-hybridized carbons (Fsp3) is 0.412. The molecule has 1 aromatic carbocycles. The molecule has 0 amide bonds. The van der Waals surface area contributed by atoms with Crippen LogP contribution in [0.4, 0.5) is 0 Å². The van der Waals surface area contributed by atoms with Gasteiger partial charge in [0.05, 0.1) is 30.8 Å². The Balaban J connectivity index is 1.35. The molecule has 0 unspecified atom stereocenters. The van der Waals surface area contributed by atoms with Crippen molar-refractivity contribution in [3.05, 3.63) is 53.3 Å². The number of hydrogen-bond donors (Lipinski definition) is 1. The number of rotatable bonds is 5. The van der Waals surface area contributed by atoms with Gasteiger partial charge in [0, 0.05) is 31.6 Å². The Morgan fingerprint density at radius 2 is 2.09 bits per heavy atom. The zero-order valence-corrected chi connectivity index (χ0v) is 12.9. The summed E-state index contributed by atoms with van der Waals surface area (Å²) in [5.74, 6) is 0. The number of aliphatic hydroxyl groups excluding tert-OH is 1. The topological polar surface area (TPSA) is 62.9 Å². The summed E-state index contributed by atoms with van der Waals surface area (Å²) >= 11 is 0. The molecule has 2 aromatic rings. The molecule has 6 heteroatoms. The van der Waals surface area contributed by atoms with Crippen molar-refractivity contribution < 1.29 is 9.94 Å². The van der Waals surface area contributed by atoms with Gasteiger partial charge in [0.2, 0.25) is 0 Å². The quantitative estimate of drug-likeness (QED) is 0.906. The van der Waals surface area contributed by atoms with Gasteiger partial charge in [-0.2, -0.15) is 5.10 Å². The molecule has 0 spiro atoms. The second kappa shape index (κ2) is 6.14. The van der Waals surface area contributed by atoms with Crippen molar-refractivity contribution in [2.75, 3.05) is 13.2 Å². The molecule has 6 nitrogen and oxygen atoms in total. The zero-order chi connectivity index (χ0) is 15.6. The first-order valence-corrected chi connectivity index (χ1v) is 7.98. The van der Waals surface area contributed by atoms with Gasteiger partial charge in [0.15, 0.2) is 0 Å². The monoisotopic (exact) mass is 312 g/mol. The first kappa shape index (κ1) is 14.4. The van der Waals surface area contributed by atoms with Crippen LogP contribution < -0.4 is 0 Å². The summed E-state index contributed by atoms with van der Waals surface area (Å²) in [5.41, 5.74) is 4.62. The highest BCUT2D eigenvalue weighted by Crippen LogP contribution is 2.25. The number of aliphatic hydroxyl groups is 1. The van der Waals surface area contributed by atoms with E-state index in [0.717, 1.165) is 37.3 Å². The highest BCUT2D eigenvalue weighted by Gasteiger charge is 2.29. The van der Waals surface area contributed by atoms with Crippen LogP contribution in [-0.4, -0.2) is 44.8 Å². The summed E-state index contributed by atoms with van der Waals surface area (Å²) in [6.45, 7) is 3.28. The van der Waals surface area contributed by atoms with Crippen LogP contribution in [0.25, 0.3) is 0 Å². The Bertz CT molecular complexity index is 711. The van der Waals surface area contributed by atoms with Crippen molar-refractivity contribution in [3.63, 3.8) is 0 Å². The molecule has 0 fully saturated rings. The smallest absolute Gasteiger partial charge is 0.145 e. The molecule has 0 radical (unpaired) electrons. The van der Waals surface area contributed by atoms with E-state index in [1.807, 2.05) is 29.1 Å². The van der Waals surface area contributed by atoms with Gasteiger partial charge in [-0.3, -0.25) is 9.58 Å². The molecule has 0 aliphatic carbocycles. The fourth-order valence-corrected chi connectivity index (χ4v) is 3.31. The summed E-state index contributed by atoms with van der Waals surface area (Å²) in [7, 11) is 0. The highest BCUT2D eigenvalue weighted by atomic mass is 16.6. The minimum Gasteiger partial charge on any atom is -0.394 e. The number of aromatic nitrogens is 2. The van der Waals surface area contributed by atoms with Gasteiger partial charge in [-0.1, -0.05) is 35.5 Å². The summed E-state index contributed by atoms with van der Waals surface area (Å²) in [6.07, 6.45) is 2.86. The standard InChI is InChI=1S/C17H20N4O2/c22-7-6-21-17-12-20(10-14(17)9-18-21)11-15-8-16(19-23-15)13-4-2-1-3-5-13/h1-5,9,15,22H,6-8,10-12H2/t15-/m0/s1. The van der Waals surface area contributed by atoms with E-state index in [9.17, 15) is 0 Å². The van der Waals surface area contributed by atoms with Gasteiger partial charge in [-0.15, -0.1) is 0 Å². The van der Waals surface area contributed by atoms with Crippen molar-refractivity contribution >= 4 is 5.71 Å². The summed E-state index contributed by atoms with van der Waals surface area (Å²) in [5, 5.41) is 17.7. The first-order valence-electron chi connectivity index (χ1n) is 7.98. The maximum atomic E-state index is 9.09. The number of hydrogen-bond acceptors (Lipinski definition) is 5. The van der Waals surface area contributed by atoms with Gasteiger partial charge in [-0.05, 0) is 5.56 Å². The Hall–Kier alpha value is -2.18. The van der Waals surface area contributed by atoms with Crippen LogP contribution >= 0.6 is 0 Å². The van der Waals surface area contributed by atoms with E-state index in [1.165, 1.54) is 11.3 Å². The normalized spacial score (nSPS) is 20.4. The van der Waals surface area contributed by atoms with E-state index in [1.54, 1.807) is 0 Å². The van der Waals surface area contributed by atoms with Gasteiger partial charge in [0.1, 0.15) is 6.10 Å². The second-order valence-electron chi connectivity index (χ2n) is 6.07. The Morgan fingerprint density at radius 1 is 1.22 bits per heavy atom. The lowest BCUT2D eigenvalue weighted by Gasteiger charge is -2.18. The molecule has 23 heavy (non-hydrogen) atoms. The zero-order valence-electron chi connectivity index (χ0n) is 12.9. The van der Waals surface area contributed by atoms with Crippen LogP contribution in [0.2, 0.25) is 0 Å². The van der Waals surface area contributed by atoms with Crippen molar-refractivity contribution in [1.29, 1.82) is 0 Å². The molecule has 2 aliphatic heterocycles. The van der Waals surface area contributed by atoms with Gasteiger partial charge < -0.3 is 9.94 Å². The van der Waals surface area contributed by atoms with Gasteiger partial charge in [-0.25, -0.2) is 0 Å². The summed E-state index contributed by atoms with van der Waals surface area (Å²) < 4.78 is 1.90. The molecular weight excluding hydrogens is 292 g/mol. The van der Waals surface area contributed by atoms with Crippen LogP contribution in [0.1, 0.15) is 23.2 Å². The van der Waals surface area contributed by atoms with E-state index < -0.39 is 0 Å². The highest BCUT2D eigenvalue weighted by molar-refractivity contribution is 6.01. The third-order valence-electron chi connectivity index (χ3n) is 4.42. The van der Waals surface area contributed by atoms with Gasteiger partial charge in [0.25, 0.3) is 0 Å². The van der Waals surface area contributed by atoms with Crippen LogP contribution in [0.3, 0.4) is 0 Å². The second-order valence-corrected chi connectivity index (χ2v) is 6.07. The lowest BCUT2D eigenvalue weighted by Crippen LogP contribution is -2.29. The molecule has 0 bridgehead atoms. The maximum Gasteiger partial charge on any atom is 0.145 e. The minimum absolute atomic E-state index is 0.105. The molecule has 0 saturated carbocycles. The Kier molecular flexibility index (Phi) is 3.85. The van der Waals surface area contributed by atoms with Crippen molar-refractivity contribution in [2.45, 2.75) is 32.2 Å². The van der Waals surface area contributed by atoms with Crippen LogP contribution in [-0.2, 0) is 24.5 Å². The van der Waals surface area contributed by atoms with Crippen LogP contribution in [0.15, 0.2) is 41.7 Å². The number of nitrogens with zero attached hydrogens (tertiary/aromatic N) is 4. The Labute approximate surface area is 135 Å². The molecule has 4 rings (SSSR count). The van der Waals surface area contributed by atoms with E-state index in [0.29, 0.717) is 6.54 Å². The third kappa shape index (κ3) is 2.87. The van der Waals surface area contributed by atoms with Crippen molar-refractivity contribution in [2.24, 2.45) is 5.16 Å². The Morgan fingerprint density at radius 3 is 2.91 bits per heavy atom. The number of benzene rings is 1. The van der Waals surface area contributed by atoms with E-state index >= 15 is 0 Å². The first-order chi connectivity index (χ1) is 11.3. The molecule has 1 aromatic heterocycles. The molecule has 2 aliphatic rings. The van der Waals surface area contributed by atoms with E-state index in [2.05, 4.69) is 27.3 Å². The lowest BCUT2D eigenvalue weighted by atomic mass is 10.1. The van der Waals surface area contributed by atoms with Crippen molar-refractivity contribution in [1.82, 2.24) is 14.7 Å². The van der Waals surface area contributed by atoms with E-state index in [4.69, 9.17) is 9.94 Å². The predicted octanol–water partition coefficient (Wildman–Crippen LogP) is 1.38. The minimum atomic E-state index is 0.105. The van der Waals surface area contributed by atoms with Crippen LogP contribution in [0.5, 0.6) is 0 Å². The number of fused-ring (bicyclic) bond motifs is 1. The third-order valence-corrected chi connectivity index (χ3v) is 4.42. The SMILES string of the molecule is OCCn1ncc2c1CN(C[C@@H]1CC(c3ccccc3)=NO1)C2.